The number of carbonyl (C=O) groups excluding carboxylic acids is 1. The number of hydrogen-bond acceptors (Lipinski definition) is 2. The van der Waals surface area contributed by atoms with Crippen LogP contribution in [0, 0.1) is 17.8 Å². The van der Waals surface area contributed by atoms with Gasteiger partial charge in [0.1, 0.15) is 0 Å². The molecule has 19 heavy (non-hydrogen) atoms. The average Bonchev–Trinajstić information content (AvgIpc) is 3.00. The maximum atomic E-state index is 12.4. The highest BCUT2D eigenvalue weighted by atomic mass is 16.2. The number of nitrogens with one attached hydrogen (secondary N) is 1. The largest absolute Gasteiger partial charge is 0.399 e. The van der Waals surface area contributed by atoms with Gasteiger partial charge in [-0.05, 0) is 55.7 Å². The lowest BCUT2D eigenvalue weighted by Crippen LogP contribution is -2.35. The number of rotatable bonds is 3. The Morgan fingerprint density at radius 2 is 2.21 bits per heavy atom. The summed E-state index contributed by atoms with van der Waals surface area (Å²) >= 11 is 0. The van der Waals surface area contributed by atoms with E-state index in [-0.39, 0.29) is 17.9 Å². The van der Waals surface area contributed by atoms with Crippen molar-refractivity contribution >= 4 is 11.6 Å². The molecule has 1 amide bonds. The normalized spacial score (nSPS) is 30.3. The van der Waals surface area contributed by atoms with Crippen molar-refractivity contribution in [2.45, 2.75) is 38.6 Å². The molecule has 4 unspecified atom stereocenters. The number of hydrogen-bond donors (Lipinski definition) is 2. The van der Waals surface area contributed by atoms with Crippen LogP contribution < -0.4 is 11.1 Å². The van der Waals surface area contributed by atoms with Crippen molar-refractivity contribution in [3.05, 3.63) is 29.8 Å². The van der Waals surface area contributed by atoms with Crippen molar-refractivity contribution < 1.29 is 4.79 Å². The van der Waals surface area contributed by atoms with E-state index in [1.165, 1.54) is 19.3 Å². The predicted octanol–water partition coefficient (Wildman–Crippen LogP) is 2.88. The zero-order chi connectivity index (χ0) is 13.4. The lowest BCUT2D eigenvalue weighted by molar-refractivity contribution is -0.127. The first kappa shape index (κ1) is 12.5. The maximum absolute atomic E-state index is 12.4. The Bertz CT molecular complexity index is 485. The van der Waals surface area contributed by atoms with Gasteiger partial charge in [0.05, 0.1) is 6.04 Å². The second-order valence-electron chi connectivity index (χ2n) is 6.18. The number of amides is 1. The number of carbonyl (C=O) groups is 1. The summed E-state index contributed by atoms with van der Waals surface area (Å²) in [6, 6.07) is 7.79. The molecule has 2 aliphatic rings. The van der Waals surface area contributed by atoms with E-state index in [2.05, 4.69) is 5.32 Å². The van der Waals surface area contributed by atoms with Gasteiger partial charge in [-0.2, -0.15) is 0 Å². The van der Waals surface area contributed by atoms with E-state index < -0.39 is 0 Å². The van der Waals surface area contributed by atoms with Crippen LogP contribution in [0.25, 0.3) is 0 Å². The summed E-state index contributed by atoms with van der Waals surface area (Å²) in [6.07, 6.45) is 4.94. The molecule has 1 aromatic rings. The highest BCUT2D eigenvalue weighted by Crippen LogP contribution is 2.48. The highest BCUT2D eigenvalue weighted by Gasteiger charge is 2.43. The van der Waals surface area contributed by atoms with Gasteiger partial charge in [-0.1, -0.05) is 18.6 Å². The fourth-order valence-corrected chi connectivity index (χ4v) is 3.80. The summed E-state index contributed by atoms with van der Waals surface area (Å²) in [7, 11) is 0. The summed E-state index contributed by atoms with van der Waals surface area (Å²) in [5.41, 5.74) is 7.61. The van der Waals surface area contributed by atoms with Crippen molar-refractivity contribution in [3.63, 3.8) is 0 Å². The van der Waals surface area contributed by atoms with E-state index >= 15 is 0 Å². The molecule has 0 heterocycles. The molecule has 3 rings (SSSR count). The van der Waals surface area contributed by atoms with E-state index in [1.807, 2.05) is 31.2 Å². The molecule has 2 aliphatic carbocycles. The Morgan fingerprint density at radius 3 is 2.84 bits per heavy atom. The van der Waals surface area contributed by atoms with Gasteiger partial charge in [-0.3, -0.25) is 4.79 Å². The molecule has 3 heteroatoms. The molecule has 2 saturated carbocycles. The van der Waals surface area contributed by atoms with Crippen LogP contribution >= 0.6 is 0 Å². The van der Waals surface area contributed by atoms with Crippen molar-refractivity contribution in [3.8, 4) is 0 Å². The molecule has 0 aromatic heterocycles. The van der Waals surface area contributed by atoms with E-state index in [1.54, 1.807) is 0 Å². The molecule has 3 N–H and O–H groups in total. The number of nitrogens with two attached hydrogens (primary N) is 1. The summed E-state index contributed by atoms with van der Waals surface area (Å²) in [4.78, 5) is 12.4. The van der Waals surface area contributed by atoms with Crippen LogP contribution in [0.5, 0.6) is 0 Å². The zero-order valence-corrected chi connectivity index (χ0v) is 11.4. The van der Waals surface area contributed by atoms with E-state index in [4.69, 9.17) is 5.73 Å². The van der Waals surface area contributed by atoms with E-state index in [0.29, 0.717) is 5.92 Å². The fourth-order valence-electron chi connectivity index (χ4n) is 3.80. The van der Waals surface area contributed by atoms with Gasteiger partial charge in [0, 0.05) is 11.6 Å². The van der Waals surface area contributed by atoms with Gasteiger partial charge in [-0.25, -0.2) is 0 Å². The molecular weight excluding hydrogens is 236 g/mol. The molecule has 0 spiro atoms. The molecule has 0 aliphatic heterocycles. The first-order chi connectivity index (χ1) is 9.13. The van der Waals surface area contributed by atoms with Crippen molar-refractivity contribution in [1.29, 1.82) is 0 Å². The lowest BCUT2D eigenvalue weighted by atomic mass is 9.88. The van der Waals surface area contributed by atoms with Crippen LogP contribution in [0.1, 0.15) is 44.2 Å². The van der Waals surface area contributed by atoms with Crippen molar-refractivity contribution in [2.75, 3.05) is 5.73 Å². The Hall–Kier alpha value is -1.51. The number of nitrogen functional groups attached to an aromatic ring is 1. The zero-order valence-electron chi connectivity index (χ0n) is 11.4. The molecule has 102 valence electrons. The van der Waals surface area contributed by atoms with Gasteiger partial charge in [0.2, 0.25) is 5.91 Å². The fraction of sp³-hybridized carbons (Fsp3) is 0.562. The predicted molar refractivity (Wildman–Crippen MR) is 76.4 cm³/mol. The highest BCUT2D eigenvalue weighted by molar-refractivity contribution is 5.80. The molecule has 4 atom stereocenters. The van der Waals surface area contributed by atoms with Gasteiger partial charge in [0.15, 0.2) is 0 Å². The quantitative estimate of drug-likeness (QED) is 0.819. The maximum Gasteiger partial charge on any atom is 0.223 e. The lowest BCUT2D eigenvalue weighted by Gasteiger charge is -2.23. The molecular formula is C16H22N2O. The van der Waals surface area contributed by atoms with Gasteiger partial charge < -0.3 is 11.1 Å². The minimum absolute atomic E-state index is 0.0372. The molecule has 0 radical (unpaired) electrons. The van der Waals surface area contributed by atoms with Crippen LogP contribution in [-0.2, 0) is 4.79 Å². The summed E-state index contributed by atoms with van der Waals surface area (Å²) < 4.78 is 0. The van der Waals surface area contributed by atoms with E-state index in [9.17, 15) is 4.79 Å². The number of fused-ring (bicyclic) bond motifs is 2. The number of benzene rings is 1. The Labute approximate surface area is 114 Å². The third-order valence-corrected chi connectivity index (χ3v) is 4.84. The molecule has 2 bridgehead atoms. The summed E-state index contributed by atoms with van der Waals surface area (Å²) in [5.74, 6) is 1.94. The minimum atomic E-state index is 0.0372. The van der Waals surface area contributed by atoms with Crippen LogP contribution in [0.3, 0.4) is 0 Å². The van der Waals surface area contributed by atoms with Gasteiger partial charge >= 0.3 is 0 Å². The van der Waals surface area contributed by atoms with E-state index in [0.717, 1.165) is 23.6 Å². The van der Waals surface area contributed by atoms with Crippen LogP contribution in [0.4, 0.5) is 5.69 Å². The average molecular weight is 258 g/mol. The third kappa shape index (κ3) is 2.46. The summed E-state index contributed by atoms with van der Waals surface area (Å²) in [5, 5.41) is 3.16. The SMILES string of the molecule is CC(NC(=O)C1CC2CCC1C2)c1cccc(N)c1. The molecule has 2 fully saturated rings. The smallest absolute Gasteiger partial charge is 0.223 e. The van der Waals surface area contributed by atoms with Crippen molar-refractivity contribution in [1.82, 2.24) is 5.32 Å². The number of anilines is 1. The van der Waals surface area contributed by atoms with Crippen LogP contribution in [0.2, 0.25) is 0 Å². The van der Waals surface area contributed by atoms with Gasteiger partial charge in [0.25, 0.3) is 0 Å². The minimum Gasteiger partial charge on any atom is -0.399 e. The first-order valence-electron chi connectivity index (χ1n) is 7.29. The second kappa shape index (κ2) is 4.87. The Morgan fingerprint density at radius 1 is 1.37 bits per heavy atom. The second-order valence-corrected chi connectivity index (χ2v) is 6.18. The third-order valence-electron chi connectivity index (χ3n) is 4.84. The topological polar surface area (TPSA) is 55.1 Å². The Kier molecular flexibility index (Phi) is 3.21. The Balaban J connectivity index is 1.63. The van der Waals surface area contributed by atoms with Gasteiger partial charge in [-0.15, -0.1) is 0 Å². The molecule has 1 aromatic carbocycles. The van der Waals surface area contributed by atoms with Crippen LogP contribution in [0.15, 0.2) is 24.3 Å². The summed E-state index contributed by atoms with van der Waals surface area (Å²) in [6.45, 7) is 2.03. The van der Waals surface area contributed by atoms with Crippen molar-refractivity contribution in [2.24, 2.45) is 17.8 Å². The first-order valence-corrected chi connectivity index (χ1v) is 7.29. The standard InChI is InChI=1S/C16H22N2O/c1-10(12-3-2-4-14(17)9-12)18-16(19)15-8-11-5-6-13(15)7-11/h2-4,9-11,13,15H,5-8,17H2,1H3,(H,18,19). The monoisotopic (exact) mass is 258 g/mol. The molecule has 3 nitrogen and oxygen atoms in total. The van der Waals surface area contributed by atoms with Crippen LogP contribution in [-0.4, -0.2) is 5.91 Å². The molecule has 0 saturated heterocycles.